The van der Waals surface area contributed by atoms with E-state index in [-0.39, 0.29) is 37.1 Å². The van der Waals surface area contributed by atoms with Crippen LogP contribution in [0.15, 0.2) is 24.3 Å². The van der Waals surface area contributed by atoms with Gasteiger partial charge in [-0.25, -0.2) is 0 Å². The number of nitrogens with one attached hydrogen (secondary N) is 1. The summed E-state index contributed by atoms with van der Waals surface area (Å²) in [6.45, 7) is 3.73. The third-order valence-corrected chi connectivity index (χ3v) is 4.10. The molecule has 25 heavy (non-hydrogen) atoms. The van der Waals surface area contributed by atoms with E-state index in [1.165, 1.54) is 37.9 Å². The Hall–Kier alpha value is -1.34. The summed E-state index contributed by atoms with van der Waals surface area (Å²) in [5.41, 5.74) is 12.9. The van der Waals surface area contributed by atoms with Gasteiger partial charge in [0.1, 0.15) is 0 Å². The van der Waals surface area contributed by atoms with Crippen LogP contribution in [0.5, 0.6) is 0 Å². The topological polar surface area (TPSA) is 101 Å². The predicted octanol–water partition coefficient (Wildman–Crippen LogP) is 1.33. The first-order valence-corrected chi connectivity index (χ1v) is 8.16. The summed E-state index contributed by atoms with van der Waals surface area (Å²) >= 11 is 0. The Balaban J connectivity index is 0.00000288. The zero-order valence-corrected chi connectivity index (χ0v) is 15.9. The molecule has 6 nitrogen and oxygen atoms in total. The molecule has 1 aliphatic rings. The van der Waals surface area contributed by atoms with Gasteiger partial charge in [-0.1, -0.05) is 30.7 Å². The number of halogens is 2. The lowest BCUT2D eigenvalue weighted by Crippen LogP contribution is -2.42. The van der Waals surface area contributed by atoms with E-state index in [9.17, 15) is 9.59 Å². The molecule has 2 amide bonds. The fraction of sp³-hybridized carbons (Fsp3) is 0.529. The number of nitrogens with zero attached hydrogens (tertiary/aromatic N) is 1. The fourth-order valence-corrected chi connectivity index (χ4v) is 2.77. The first-order valence-electron chi connectivity index (χ1n) is 8.16. The first-order chi connectivity index (χ1) is 11.0. The molecule has 1 saturated heterocycles. The van der Waals surface area contributed by atoms with E-state index >= 15 is 0 Å². The molecule has 1 aromatic carbocycles. The molecule has 1 unspecified atom stereocenters. The average molecular weight is 391 g/mol. The normalized spacial score (nSPS) is 15.4. The number of hydrogen-bond donors (Lipinski definition) is 3. The Morgan fingerprint density at radius 3 is 2.16 bits per heavy atom. The van der Waals surface area contributed by atoms with Crippen molar-refractivity contribution >= 4 is 36.6 Å². The van der Waals surface area contributed by atoms with Crippen LogP contribution in [0, 0.1) is 0 Å². The summed E-state index contributed by atoms with van der Waals surface area (Å²) in [4.78, 5) is 25.0. The van der Waals surface area contributed by atoms with Crippen molar-refractivity contribution in [3.05, 3.63) is 35.4 Å². The van der Waals surface area contributed by atoms with Crippen LogP contribution < -0.4 is 16.8 Å². The smallest absolute Gasteiger partial charge is 0.237 e. The van der Waals surface area contributed by atoms with E-state index in [4.69, 9.17) is 11.5 Å². The molecule has 2 rings (SSSR count). The van der Waals surface area contributed by atoms with Crippen LogP contribution in [-0.2, 0) is 22.7 Å². The summed E-state index contributed by atoms with van der Waals surface area (Å²) in [7, 11) is 0. The molecule has 8 heteroatoms. The van der Waals surface area contributed by atoms with Crippen molar-refractivity contribution in [3.8, 4) is 0 Å². The summed E-state index contributed by atoms with van der Waals surface area (Å²) in [5.74, 6) is -0.934. The highest BCUT2D eigenvalue weighted by molar-refractivity contribution is 5.87. The summed E-state index contributed by atoms with van der Waals surface area (Å²) in [6.07, 6.45) is 3.78. The highest BCUT2D eigenvalue weighted by Gasteiger charge is 2.15. The maximum atomic E-state index is 11.7. The van der Waals surface area contributed by atoms with E-state index in [0.29, 0.717) is 6.54 Å². The molecule has 0 spiro atoms. The molecule has 1 atom stereocenters. The van der Waals surface area contributed by atoms with Gasteiger partial charge in [-0.3, -0.25) is 14.5 Å². The van der Waals surface area contributed by atoms with Crippen molar-refractivity contribution in [1.29, 1.82) is 0 Å². The molecule has 1 heterocycles. The van der Waals surface area contributed by atoms with E-state index < -0.39 is 11.9 Å². The molecule has 0 saturated carbocycles. The summed E-state index contributed by atoms with van der Waals surface area (Å²) in [5, 5.41) is 2.72. The van der Waals surface area contributed by atoms with Crippen molar-refractivity contribution < 1.29 is 9.59 Å². The van der Waals surface area contributed by atoms with Gasteiger partial charge in [-0.05, 0) is 37.1 Å². The van der Waals surface area contributed by atoms with Crippen molar-refractivity contribution in [2.45, 2.75) is 44.8 Å². The Labute approximate surface area is 161 Å². The van der Waals surface area contributed by atoms with E-state index in [1.54, 1.807) is 0 Å². The lowest BCUT2D eigenvalue weighted by Gasteiger charge is -2.26. The molecule has 1 aromatic rings. The Morgan fingerprint density at radius 2 is 1.60 bits per heavy atom. The van der Waals surface area contributed by atoms with Gasteiger partial charge in [-0.15, -0.1) is 24.8 Å². The molecule has 1 aliphatic heterocycles. The second kappa shape index (κ2) is 12.1. The number of carbonyl (C=O) groups excluding carboxylic acids is 2. The second-order valence-corrected chi connectivity index (χ2v) is 6.15. The quantitative estimate of drug-likeness (QED) is 0.653. The van der Waals surface area contributed by atoms with Crippen LogP contribution >= 0.6 is 24.8 Å². The number of piperidine rings is 1. The second-order valence-electron chi connectivity index (χ2n) is 6.15. The number of amides is 2. The summed E-state index contributed by atoms with van der Waals surface area (Å²) in [6, 6.07) is 7.34. The lowest BCUT2D eigenvalue weighted by molar-refractivity contribution is -0.126. The van der Waals surface area contributed by atoms with E-state index in [1.807, 2.05) is 12.1 Å². The van der Waals surface area contributed by atoms with Gasteiger partial charge in [0, 0.05) is 13.1 Å². The average Bonchev–Trinajstić information content (AvgIpc) is 2.54. The van der Waals surface area contributed by atoms with Gasteiger partial charge in [-0.2, -0.15) is 0 Å². The minimum Gasteiger partial charge on any atom is -0.370 e. The number of primary amides is 1. The monoisotopic (exact) mass is 390 g/mol. The molecule has 0 radical (unpaired) electrons. The van der Waals surface area contributed by atoms with Gasteiger partial charge in [0.25, 0.3) is 0 Å². The lowest BCUT2D eigenvalue weighted by atomic mass is 10.1. The van der Waals surface area contributed by atoms with Crippen LogP contribution in [0.4, 0.5) is 0 Å². The SMILES string of the molecule is Cl.Cl.NC(=O)CC(N)C(=O)NCc1ccc(CN2CCCCC2)cc1. The molecule has 0 aliphatic carbocycles. The standard InChI is InChI=1S/C17H26N4O2.2ClH/c18-15(10-16(19)22)17(23)20-11-13-4-6-14(7-5-13)12-21-8-2-1-3-9-21;;/h4-7,15H,1-3,8-12,18H2,(H2,19,22)(H,20,23);2*1H. The number of benzene rings is 1. The Kier molecular flexibility index (Phi) is 11.4. The number of likely N-dealkylation sites (tertiary alicyclic amines) is 1. The zero-order valence-electron chi connectivity index (χ0n) is 14.3. The van der Waals surface area contributed by atoms with Crippen LogP contribution in [0.25, 0.3) is 0 Å². The molecule has 0 aromatic heterocycles. The van der Waals surface area contributed by atoms with Crippen molar-refractivity contribution in [2.75, 3.05) is 13.1 Å². The van der Waals surface area contributed by atoms with Gasteiger partial charge in [0.2, 0.25) is 11.8 Å². The minimum atomic E-state index is -0.883. The van der Waals surface area contributed by atoms with Crippen LogP contribution in [-0.4, -0.2) is 35.8 Å². The maximum absolute atomic E-state index is 11.7. The summed E-state index contributed by atoms with van der Waals surface area (Å²) < 4.78 is 0. The van der Waals surface area contributed by atoms with E-state index in [2.05, 4.69) is 22.3 Å². The zero-order chi connectivity index (χ0) is 16.7. The van der Waals surface area contributed by atoms with Gasteiger partial charge in [0.05, 0.1) is 12.5 Å². The molecule has 142 valence electrons. The Bertz CT molecular complexity index is 534. The Morgan fingerprint density at radius 1 is 1.04 bits per heavy atom. The fourth-order valence-electron chi connectivity index (χ4n) is 2.77. The minimum absolute atomic E-state index is 0. The van der Waals surface area contributed by atoms with E-state index in [0.717, 1.165) is 12.1 Å². The van der Waals surface area contributed by atoms with Gasteiger partial charge in [0.15, 0.2) is 0 Å². The number of rotatable bonds is 7. The molecular weight excluding hydrogens is 363 g/mol. The third-order valence-electron chi connectivity index (χ3n) is 4.10. The van der Waals surface area contributed by atoms with Crippen LogP contribution in [0.3, 0.4) is 0 Å². The third kappa shape index (κ3) is 8.54. The van der Waals surface area contributed by atoms with Crippen molar-refractivity contribution in [3.63, 3.8) is 0 Å². The highest BCUT2D eigenvalue weighted by Crippen LogP contribution is 2.13. The number of nitrogens with two attached hydrogens (primary N) is 2. The number of carbonyl (C=O) groups is 2. The first kappa shape index (κ1) is 23.7. The predicted molar refractivity (Wildman–Crippen MR) is 104 cm³/mol. The van der Waals surface area contributed by atoms with Crippen molar-refractivity contribution in [1.82, 2.24) is 10.2 Å². The largest absolute Gasteiger partial charge is 0.370 e. The van der Waals surface area contributed by atoms with Gasteiger partial charge < -0.3 is 16.8 Å². The molecule has 5 N–H and O–H groups in total. The number of hydrogen-bond acceptors (Lipinski definition) is 4. The molecule has 0 bridgehead atoms. The molecular formula is C17H28Cl2N4O2. The van der Waals surface area contributed by atoms with Crippen LogP contribution in [0.1, 0.15) is 36.8 Å². The van der Waals surface area contributed by atoms with Gasteiger partial charge >= 0.3 is 0 Å². The molecule has 1 fully saturated rings. The van der Waals surface area contributed by atoms with Crippen LogP contribution in [0.2, 0.25) is 0 Å². The van der Waals surface area contributed by atoms with Crippen molar-refractivity contribution in [2.24, 2.45) is 11.5 Å². The highest BCUT2D eigenvalue weighted by atomic mass is 35.5. The maximum Gasteiger partial charge on any atom is 0.237 e.